The molecule has 4 aromatic rings. The molecule has 9 heteroatoms. The Morgan fingerprint density at radius 2 is 1.42 bits per heavy atom. The van der Waals surface area contributed by atoms with Crippen LogP contribution in [0.4, 0.5) is 5.82 Å². The lowest BCUT2D eigenvalue weighted by Gasteiger charge is -2.32. The van der Waals surface area contributed by atoms with Crippen molar-refractivity contribution >= 4 is 47.1 Å². The fourth-order valence-electron chi connectivity index (χ4n) is 4.81. The highest BCUT2D eigenvalue weighted by Crippen LogP contribution is 2.44. The summed E-state index contributed by atoms with van der Waals surface area (Å²) in [6.45, 7) is 0. The molecule has 6 nitrogen and oxygen atoms in total. The second kappa shape index (κ2) is 9.83. The van der Waals surface area contributed by atoms with E-state index in [0.717, 1.165) is 34.3 Å². The maximum Gasteiger partial charge on any atom is 0.191 e. The summed E-state index contributed by atoms with van der Waals surface area (Å²) < 4.78 is 15.8. The van der Waals surface area contributed by atoms with Gasteiger partial charge in [0.1, 0.15) is 17.7 Å². The Balaban J connectivity index is 1.70. The van der Waals surface area contributed by atoms with Gasteiger partial charge in [0.2, 0.25) is 0 Å². The number of allylic oxidation sites excluding steroid dienone is 2. The number of aromatic nitrogens is 2. The summed E-state index contributed by atoms with van der Waals surface area (Å²) in [7, 11) is 3.25. The third-order valence-corrected chi connectivity index (χ3v) is 7.41. The average molecular weight is 561 g/mol. The van der Waals surface area contributed by atoms with Crippen LogP contribution in [0.1, 0.15) is 17.3 Å². The lowest BCUT2D eigenvalue weighted by Crippen LogP contribution is -2.32. The van der Waals surface area contributed by atoms with Gasteiger partial charge in [0.15, 0.2) is 16.3 Å². The standard InChI is InChI=1S/C29H22Cl2N4O2S/c1-36-23-15-6-18(17-24(23)37-2)26-27-28(33-16-4-3-5-25(33)32-26)35(22-13-9-20(31)10-14-22)29(38)34(27)21-11-7-19(30)8-12-21/h3-17,26H,1-2H3. The summed E-state index contributed by atoms with van der Waals surface area (Å²) in [6, 6.07) is 20.8. The van der Waals surface area contributed by atoms with E-state index in [1.165, 1.54) is 0 Å². The molecule has 1 unspecified atom stereocenters. The van der Waals surface area contributed by atoms with Crippen LogP contribution in [0.25, 0.3) is 11.4 Å². The molecule has 6 rings (SSSR count). The van der Waals surface area contributed by atoms with Gasteiger partial charge >= 0.3 is 0 Å². The SMILES string of the molecule is COc1ccc(C2N=C3C=CC=CN3c3c2n(-c2ccc(Cl)cc2)c(=S)n3-c2ccc(Cl)cc2)cc1OC. The van der Waals surface area contributed by atoms with E-state index in [0.29, 0.717) is 26.3 Å². The molecule has 1 atom stereocenters. The molecule has 0 amide bonds. The minimum absolute atomic E-state index is 0.391. The highest BCUT2D eigenvalue weighted by molar-refractivity contribution is 7.71. The molecular formula is C29H22Cl2N4O2S. The Labute approximate surface area is 235 Å². The summed E-state index contributed by atoms with van der Waals surface area (Å²) in [6.07, 6.45) is 7.94. The number of halogens is 2. The zero-order chi connectivity index (χ0) is 26.4. The first-order valence-corrected chi connectivity index (χ1v) is 13.0. The maximum absolute atomic E-state index is 6.25. The molecule has 0 radical (unpaired) electrons. The largest absolute Gasteiger partial charge is 0.493 e. The summed E-state index contributed by atoms with van der Waals surface area (Å²) in [4.78, 5) is 7.25. The summed E-state index contributed by atoms with van der Waals surface area (Å²) in [5, 5.41) is 1.30. The Kier molecular flexibility index (Phi) is 6.35. The Morgan fingerprint density at radius 1 is 0.789 bits per heavy atom. The third-order valence-electron chi connectivity index (χ3n) is 6.54. The van der Waals surface area contributed by atoms with Gasteiger partial charge in [-0.25, -0.2) is 0 Å². The quantitative estimate of drug-likeness (QED) is 0.234. The number of imidazole rings is 1. The smallest absolute Gasteiger partial charge is 0.191 e. The molecule has 0 saturated carbocycles. The molecule has 38 heavy (non-hydrogen) atoms. The first-order valence-electron chi connectivity index (χ1n) is 11.8. The number of nitrogens with zero attached hydrogens (tertiary/aromatic N) is 4. The molecule has 1 aromatic heterocycles. The van der Waals surface area contributed by atoms with Crippen molar-refractivity contribution in [2.45, 2.75) is 6.04 Å². The minimum atomic E-state index is -0.391. The third kappa shape index (κ3) is 4.04. The van der Waals surface area contributed by atoms with Crippen molar-refractivity contribution in [3.8, 4) is 22.9 Å². The van der Waals surface area contributed by atoms with Crippen LogP contribution in [0.15, 0.2) is 96.2 Å². The number of benzene rings is 3. The number of fused-ring (bicyclic) bond motifs is 3. The molecule has 0 saturated heterocycles. The summed E-state index contributed by atoms with van der Waals surface area (Å²) in [5.41, 5.74) is 3.61. The van der Waals surface area contributed by atoms with E-state index in [1.54, 1.807) is 14.2 Å². The van der Waals surface area contributed by atoms with Crippen molar-refractivity contribution in [1.29, 1.82) is 0 Å². The second-order valence-corrected chi connectivity index (χ2v) is 9.93. The molecule has 0 N–H and O–H groups in total. The predicted octanol–water partition coefficient (Wildman–Crippen LogP) is 7.71. The van der Waals surface area contributed by atoms with Crippen LogP contribution in [0.2, 0.25) is 10.0 Å². The fourth-order valence-corrected chi connectivity index (χ4v) is 5.46. The zero-order valence-corrected chi connectivity index (χ0v) is 22.8. The van der Waals surface area contributed by atoms with E-state index >= 15 is 0 Å². The molecule has 2 aliphatic heterocycles. The molecule has 0 bridgehead atoms. The van der Waals surface area contributed by atoms with E-state index < -0.39 is 6.04 Å². The highest BCUT2D eigenvalue weighted by atomic mass is 35.5. The lowest BCUT2D eigenvalue weighted by atomic mass is 10.0. The van der Waals surface area contributed by atoms with Gasteiger partial charge < -0.3 is 9.47 Å². The van der Waals surface area contributed by atoms with Crippen LogP contribution in [0.3, 0.4) is 0 Å². The van der Waals surface area contributed by atoms with Crippen molar-refractivity contribution < 1.29 is 9.47 Å². The summed E-state index contributed by atoms with van der Waals surface area (Å²) in [5.74, 6) is 2.96. The van der Waals surface area contributed by atoms with Gasteiger partial charge in [-0.2, -0.15) is 0 Å². The van der Waals surface area contributed by atoms with Gasteiger partial charge in [-0.05, 0) is 90.6 Å². The van der Waals surface area contributed by atoms with Gasteiger partial charge in [0.05, 0.1) is 19.9 Å². The summed E-state index contributed by atoms with van der Waals surface area (Å²) >= 11 is 18.7. The van der Waals surface area contributed by atoms with Crippen LogP contribution in [-0.4, -0.2) is 29.2 Å². The fraction of sp³-hybridized carbons (Fsp3) is 0.103. The van der Waals surface area contributed by atoms with Gasteiger partial charge in [-0.3, -0.25) is 19.0 Å². The van der Waals surface area contributed by atoms with Gasteiger partial charge in [-0.15, -0.1) is 0 Å². The van der Waals surface area contributed by atoms with E-state index in [1.807, 2.05) is 91.2 Å². The van der Waals surface area contributed by atoms with Crippen molar-refractivity contribution in [2.75, 3.05) is 19.1 Å². The molecule has 2 aliphatic rings. The molecule has 0 fully saturated rings. The number of aliphatic imine (C=N–C) groups is 1. The number of amidine groups is 1. The van der Waals surface area contributed by atoms with E-state index in [-0.39, 0.29) is 0 Å². The van der Waals surface area contributed by atoms with Crippen LogP contribution >= 0.6 is 35.4 Å². The van der Waals surface area contributed by atoms with Crippen molar-refractivity contribution in [2.24, 2.45) is 4.99 Å². The minimum Gasteiger partial charge on any atom is -0.493 e. The maximum atomic E-state index is 6.25. The number of rotatable bonds is 5. The molecule has 3 heterocycles. The van der Waals surface area contributed by atoms with E-state index in [2.05, 4.69) is 14.0 Å². The van der Waals surface area contributed by atoms with Crippen LogP contribution in [0.5, 0.6) is 11.5 Å². The van der Waals surface area contributed by atoms with Crippen molar-refractivity contribution in [3.05, 3.63) is 117 Å². The number of methoxy groups -OCH3 is 2. The van der Waals surface area contributed by atoms with E-state index in [4.69, 9.17) is 49.9 Å². The molecule has 190 valence electrons. The van der Waals surface area contributed by atoms with E-state index in [9.17, 15) is 0 Å². The Bertz CT molecular complexity index is 1690. The van der Waals surface area contributed by atoms with Gasteiger partial charge in [0, 0.05) is 27.6 Å². The van der Waals surface area contributed by atoms with Crippen LogP contribution in [0, 0.1) is 4.77 Å². The highest BCUT2D eigenvalue weighted by Gasteiger charge is 2.36. The number of anilines is 1. The number of hydrogen-bond acceptors (Lipinski definition) is 5. The molecule has 0 spiro atoms. The average Bonchev–Trinajstić information content (AvgIpc) is 3.26. The second-order valence-electron chi connectivity index (χ2n) is 8.69. The Hall–Kier alpha value is -3.78. The number of ether oxygens (including phenoxy) is 2. The van der Waals surface area contributed by atoms with Crippen LogP contribution < -0.4 is 14.4 Å². The molecule has 3 aromatic carbocycles. The van der Waals surface area contributed by atoms with Crippen molar-refractivity contribution in [3.63, 3.8) is 0 Å². The first kappa shape index (κ1) is 24.6. The zero-order valence-electron chi connectivity index (χ0n) is 20.5. The monoisotopic (exact) mass is 560 g/mol. The predicted molar refractivity (Wildman–Crippen MR) is 156 cm³/mol. The Morgan fingerprint density at radius 3 is 2.05 bits per heavy atom. The van der Waals surface area contributed by atoms with Crippen molar-refractivity contribution in [1.82, 2.24) is 9.13 Å². The normalized spacial score (nSPS) is 15.6. The first-order chi connectivity index (χ1) is 18.5. The lowest BCUT2D eigenvalue weighted by molar-refractivity contribution is 0.354. The van der Waals surface area contributed by atoms with Gasteiger partial charge in [0.25, 0.3) is 0 Å². The molecule has 0 aliphatic carbocycles. The molecular weight excluding hydrogens is 539 g/mol. The topological polar surface area (TPSA) is 43.9 Å². The van der Waals surface area contributed by atoms with Crippen LogP contribution in [-0.2, 0) is 0 Å². The van der Waals surface area contributed by atoms with Gasteiger partial charge in [-0.1, -0.05) is 35.3 Å². The number of hydrogen-bond donors (Lipinski definition) is 0.